The van der Waals surface area contributed by atoms with Crippen LogP contribution in [0.4, 0.5) is 0 Å². The standard InChI is InChI=1S/C13H20O/c1-6-7-11-10(3)12(14)9(2)8-13(11,4)5/h6-7,9H,8H2,1-5H3/b7-6+. The first-order chi connectivity index (χ1) is 6.40. The number of Topliss-reactive ketones (excluding diaryl/α,β-unsaturated/α-hetero) is 1. The molecular formula is C13H20O. The van der Waals surface area contributed by atoms with Gasteiger partial charge in [-0.25, -0.2) is 0 Å². The molecule has 14 heavy (non-hydrogen) atoms. The first-order valence-electron chi connectivity index (χ1n) is 5.28. The Morgan fingerprint density at radius 3 is 2.50 bits per heavy atom. The predicted octanol–water partition coefficient (Wildman–Crippen LogP) is 3.51. The van der Waals surface area contributed by atoms with Crippen LogP contribution in [0.1, 0.15) is 41.0 Å². The molecule has 0 aromatic heterocycles. The average Bonchev–Trinajstić information content (AvgIpc) is 2.08. The second-order valence-corrected chi connectivity index (χ2v) is 4.89. The van der Waals surface area contributed by atoms with Crippen molar-refractivity contribution in [2.45, 2.75) is 41.0 Å². The van der Waals surface area contributed by atoms with E-state index in [2.05, 4.69) is 19.9 Å². The molecule has 0 radical (unpaired) electrons. The molecule has 0 saturated heterocycles. The number of allylic oxidation sites excluding steroid dienone is 4. The van der Waals surface area contributed by atoms with Crippen molar-refractivity contribution in [1.82, 2.24) is 0 Å². The summed E-state index contributed by atoms with van der Waals surface area (Å²) in [6.45, 7) is 10.4. The molecule has 78 valence electrons. The summed E-state index contributed by atoms with van der Waals surface area (Å²) in [4.78, 5) is 11.8. The third-order valence-electron chi connectivity index (χ3n) is 3.10. The maximum atomic E-state index is 11.8. The third kappa shape index (κ3) is 1.82. The van der Waals surface area contributed by atoms with Crippen LogP contribution in [0.2, 0.25) is 0 Å². The van der Waals surface area contributed by atoms with E-state index in [4.69, 9.17) is 0 Å². The van der Waals surface area contributed by atoms with Gasteiger partial charge in [-0.15, -0.1) is 0 Å². The van der Waals surface area contributed by atoms with E-state index < -0.39 is 0 Å². The lowest BCUT2D eigenvalue weighted by Gasteiger charge is -2.35. The molecule has 0 fully saturated rings. The largest absolute Gasteiger partial charge is 0.294 e. The summed E-state index contributed by atoms with van der Waals surface area (Å²) in [6.07, 6.45) is 5.06. The Morgan fingerprint density at radius 2 is 2.00 bits per heavy atom. The van der Waals surface area contributed by atoms with Gasteiger partial charge in [0.15, 0.2) is 5.78 Å². The van der Waals surface area contributed by atoms with E-state index in [1.807, 2.05) is 26.8 Å². The summed E-state index contributed by atoms with van der Waals surface area (Å²) in [6, 6.07) is 0. The third-order valence-corrected chi connectivity index (χ3v) is 3.10. The minimum atomic E-state index is 0.143. The summed E-state index contributed by atoms with van der Waals surface area (Å²) in [7, 11) is 0. The van der Waals surface area contributed by atoms with E-state index in [-0.39, 0.29) is 11.3 Å². The summed E-state index contributed by atoms with van der Waals surface area (Å²) >= 11 is 0. The topological polar surface area (TPSA) is 17.1 Å². The number of carbonyl (C=O) groups is 1. The summed E-state index contributed by atoms with van der Waals surface area (Å²) in [5, 5.41) is 0. The summed E-state index contributed by atoms with van der Waals surface area (Å²) in [5.74, 6) is 0.497. The van der Waals surface area contributed by atoms with E-state index in [1.54, 1.807) is 0 Å². The molecule has 0 aromatic carbocycles. The molecule has 0 amide bonds. The van der Waals surface area contributed by atoms with Gasteiger partial charge >= 0.3 is 0 Å². The number of hydrogen-bond acceptors (Lipinski definition) is 1. The maximum absolute atomic E-state index is 11.8. The van der Waals surface area contributed by atoms with E-state index >= 15 is 0 Å². The molecule has 1 rings (SSSR count). The Kier molecular flexibility index (Phi) is 2.98. The molecule has 1 nitrogen and oxygen atoms in total. The van der Waals surface area contributed by atoms with Gasteiger partial charge in [0.2, 0.25) is 0 Å². The van der Waals surface area contributed by atoms with Crippen LogP contribution in [0.5, 0.6) is 0 Å². The van der Waals surface area contributed by atoms with Gasteiger partial charge in [0.05, 0.1) is 0 Å². The lowest BCUT2D eigenvalue weighted by atomic mass is 9.68. The number of ketones is 1. The second-order valence-electron chi connectivity index (χ2n) is 4.89. The quantitative estimate of drug-likeness (QED) is 0.621. The molecule has 1 atom stereocenters. The molecule has 1 heteroatoms. The zero-order valence-corrected chi connectivity index (χ0v) is 9.85. The molecule has 0 bridgehead atoms. The van der Waals surface area contributed by atoms with Crippen LogP contribution < -0.4 is 0 Å². The average molecular weight is 192 g/mol. The molecule has 0 N–H and O–H groups in total. The van der Waals surface area contributed by atoms with Crippen LogP contribution in [-0.4, -0.2) is 5.78 Å². The Labute approximate surface area is 86.9 Å². The Balaban J connectivity index is 3.23. The number of carbonyl (C=O) groups excluding carboxylic acids is 1. The highest BCUT2D eigenvalue weighted by Crippen LogP contribution is 2.41. The van der Waals surface area contributed by atoms with Gasteiger partial charge in [0, 0.05) is 5.92 Å². The van der Waals surface area contributed by atoms with Crippen molar-refractivity contribution in [3.05, 3.63) is 23.3 Å². The number of hydrogen-bond donors (Lipinski definition) is 0. The van der Waals surface area contributed by atoms with E-state index in [1.165, 1.54) is 5.57 Å². The van der Waals surface area contributed by atoms with Crippen LogP contribution in [0.15, 0.2) is 23.3 Å². The molecule has 1 aliphatic rings. The van der Waals surface area contributed by atoms with Gasteiger partial charge in [0.1, 0.15) is 0 Å². The molecule has 0 aromatic rings. The second kappa shape index (κ2) is 3.72. The molecule has 1 aliphatic carbocycles. The zero-order valence-electron chi connectivity index (χ0n) is 9.85. The van der Waals surface area contributed by atoms with Gasteiger partial charge in [-0.1, -0.05) is 32.9 Å². The molecule has 0 saturated carbocycles. The first-order valence-corrected chi connectivity index (χ1v) is 5.28. The Morgan fingerprint density at radius 1 is 1.43 bits per heavy atom. The van der Waals surface area contributed by atoms with Gasteiger partial charge < -0.3 is 0 Å². The molecular weight excluding hydrogens is 172 g/mol. The maximum Gasteiger partial charge on any atom is 0.161 e. The van der Waals surface area contributed by atoms with E-state index in [0.29, 0.717) is 5.78 Å². The fourth-order valence-electron chi connectivity index (χ4n) is 2.50. The molecule has 0 aliphatic heterocycles. The molecule has 1 unspecified atom stereocenters. The fourth-order valence-corrected chi connectivity index (χ4v) is 2.50. The zero-order chi connectivity index (χ0) is 10.9. The Bertz CT molecular complexity index is 305. The van der Waals surface area contributed by atoms with Gasteiger partial charge in [-0.3, -0.25) is 4.79 Å². The van der Waals surface area contributed by atoms with Crippen LogP contribution in [0.25, 0.3) is 0 Å². The van der Waals surface area contributed by atoms with Gasteiger partial charge in [-0.05, 0) is 36.8 Å². The summed E-state index contributed by atoms with van der Waals surface area (Å²) < 4.78 is 0. The van der Waals surface area contributed by atoms with Gasteiger partial charge in [-0.2, -0.15) is 0 Å². The van der Waals surface area contributed by atoms with Crippen molar-refractivity contribution >= 4 is 5.78 Å². The highest BCUT2D eigenvalue weighted by molar-refractivity contribution is 5.98. The highest BCUT2D eigenvalue weighted by atomic mass is 16.1. The van der Waals surface area contributed by atoms with Crippen molar-refractivity contribution in [2.24, 2.45) is 11.3 Å². The minimum absolute atomic E-state index is 0.143. The lowest BCUT2D eigenvalue weighted by Crippen LogP contribution is -2.30. The van der Waals surface area contributed by atoms with E-state index in [9.17, 15) is 4.79 Å². The van der Waals surface area contributed by atoms with Crippen LogP contribution in [-0.2, 0) is 4.79 Å². The van der Waals surface area contributed by atoms with Gasteiger partial charge in [0.25, 0.3) is 0 Å². The monoisotopic (exact) mass is 192 g/mol. The SMILES string of the molecule is C/C=C/C1=C(C)C(=O)C(C)CC1(C)C. The van der Waals surface area contributed by atoms with Crippen molar-refractivity contribution in [3.8, 4) is 0 Å². The highest BCUT2D eigenvalue weighted by Gasteiger charge is 2.35. The van der Waals surface area contributed by atoms with Crippen LogP contribution >= 0.6 is 0 Å². The lowest BCUT2D eigenvalue weighted by molar-refractivity contribution is -0.120. The smallest absolute Gasteiger partial charge is 0.161 e. The fraction of sp³-hybridized carbons (Fsp3) is 0.615. The normalized spacial score (nSPS) is 27.5. The summed E-state index contributed by atoms with van der Waals surface area (Å²) in [5.41, 5.74) is 2.30. The van der Waals surface area contributed by atoms with Crippen LogP contribution in [0, 0.1) is 11.3 Å². The van der Waals surface area contributed by atoms with E-state index in [0.717, 1.165) is 12.0 Å². The van der Waals surface area contributed by atoms with Crippen molar-refractivity contribution in [3.63, 3.8) is 0 Å². The van der Waals surface area contributed by atoms with Crippen molar-refractivity contribution < 1.29 is 4.79 Å². The Hall–Kier alpha value is -0.850. The van der Waals surface area contributed by atoms with Crippen LogP contribution in [0.3, 0.4) is 0 Å². The van der Waals surface area contributed by atoms with Crippen molar-refractivity contribution in [1.29, 1.82) is 0 Å². The molecule has 0 spiro atoms. The first kappa shape index (κ1) is 11.2. The van der Waals surface area contributed by atoms with Crippen molar-refractivity contribution in [2.75, 3.05) is 0 Å². The predicted molar refractivity (Wildman–Crippen MR) is 60.1 cm³/mol. The number of rotatable bonds is 1. The minimum Gasteiger partial charge on any atom is -0.294 e. The molecule has 0 heterocycles.